The molecular formula is C36H49ClN4O6. The van der Waals surface area contributed by atoms with Crippen LogP contribution in [0.5, 0.6) is 0 Å². The SMILES string of the molecule is CCCCN1C(=O)[C@@H](CC2(O)CCCCCC2)NC(=O)C12CCN(Cc1ccc(CNC(=O)c3ccc(C(=O)O)cc3)cc1)CC2.Cl. The summed E-state index contributed by atoms with van der Waals surface area (Å²) in [6.45, 7) is 5.10. The monoisotopic (exact) mass is 668 g/mol. The number of carboxylic acid groups (broad SMARTS) is 1. The predicted octanol–water partition coefficient (Wildman–Crippen LogP) is 4.67. The van der Waals surface area contributed by atoms with Gasteiger partial charge in [0, 0.05) is 44.7 Å². The highest BCUT2D eigenvalue weighted by molar-refractivity contribution is 6.00. The summed E-state index contributed by atoms with van der Waals surface area (Å²) in [5.74, 6) is -1.42. The first kappa shape index (κ1) is 36.4. The third-order valence-corrected chi connectivity index (χ3v) is 10.1. The van der Waals surface area contributed by atoms with Crippen LogP contribution in [-0.2, 0) is 22.7 Å². The number of unbranched alkanes of at least 4 members (excludes halogenated alkanes) is 1. The van der Waals surface area contributed by atoms with Crippen LogP contribution >= 0.6 is 12.4 Å². The minimum atomic E-state index is -1.03. The lowest BCUT2D eigenvalue weighted by atomic mass is 9.79. The highest BCUT2D eigenvalue weighted by Gasteiger charge is 2.54. The van der Waals surface area contributed by atoms with Gasteiger partial charge < -0.3 is 25.7 Å². The van der Waals surface area contributed by atoms with Gasteiger partial charge in [0.15, 0.2) is 0 Å². The number of carbonyl (C=O) groups excluding carboxylic acids is 3. The maximum Gasteiger partial charge on any atom is 0.335 e. The van der Waals surface area contributed by atoms with Crippen molar-refractivity contribution in [2.24, 2.45) is 0 Å². The molecule has 0 bridgehead atoms. The summed E-state index contributed by atoms with van der Waals surface area (Å²) in [5.41, 5.74) is 0.864. The summed E-state index contributed by atoms with van der Waals surface area (Å²) in [5, 5.41) is 26.3. The fourth-order valence-corrected chi connectivity index (χ4v) is 7.27. The molecular weight excluding hydrogens is 620 g/mol. The smallest absolute Gasteiger partial charge is 0.335 e. The molecule has 11 heteroatoms. The third kappa shape index (κ3) is 8.72. The normalized spacial score (nSPS) is 21.0. The van der Waals surface area contributed by atoms with Gasteiger partial charge in [-0.25, -0.2) is 4.79 Å². The number of hydrogen-bond acceptors (Lipinski definition) is 6. The first-order chi connectivity index (χ1) is 22.1. The molecule has 1 aliphatic carbocycles. The van der Waals surface area contributed by atoms with E-state index >= 15 is 0 Å². The molecule has 4 N–H and O–H groups in total. The fraction of sp³-hybridized carbons (Fsp3) is 0.556. The van der Waals surface area contributed by atoms with Gasteiger partial charge in [0.1, 0.15) is 11.6 Å². The van der Waals surface area contributed by atoms with Crippen molar-refractivity contribution >= 4 is 36.1 Å². The molecule has 2 aliphatic heterocycles. The maximum absolute atomic E-state index is 13.9. The minimum absolute atomic E-state index is 0. The minimum Gasteiger partial charge on any atom is -0.478 e. The van der Waals surface area contributed by atoms with Crippen LogP contribution in [0.25, 0.3) is 0 Å². The number of benzene rings is 2. The van der Waals surface area contributed by atoms with Crippen molar-refractivity contribution in [2.45, 2.75) is 108 Å². The zero-order valence-electron chi connectivity index (χ0n) is 27.3. The number of rotatable bonds is 11. The van der Waals surface area contributed by atoms with E-state index in [2.05, 4.69) is 22.5 Å². The highest BCUT2D eigenvalue weighted by Crippen LogP contribution is 2.37. The Morgan fingerprint density at radius 3 is 2.09 bits per heavy atom. The lowest BCUT2D eigenvalue weighted by Crippen LogP contribution is -2.73. The van der Waals surface area contributed by atoms with Gasteiger partial charge in [0.2, 0.25) is 11.8 Å². The molecule has 47 heavy (non-hydrogen) atoms. The van der Waals surface area contributed by atoms with E-state index in [1.54, 1.807) is 0 Å². The van der Waals surface area contributed by atoms with Gasteiger partial charge in [-0.1, -0.05) is 63.3 Å². The van der Waals surface area contributed by atoms with Crippen LogP contribution in [0, 0.1) is 0 Å². The number of hydrogen-bond donors (Lipinski definition) is 4. The second kappa shape index (κ2) is 16.1. The Kier molecular flexibility index (Phi) is 12.4. The highest BCUT2D eigenvalue weighted by atomic mass is 35.5. The topological polar surface area (TPSA) is 139 Å². The molecule has 3 fully saturated rings. The van der Waals surface area contributed by atoms with Crippen molar-refractivity contribution in [3.05, 3.63) is 70.8 Å². The molecule has 0 unspecified atom stereocenters. The fourth-order valence-electron chi connectivity index (χ4n) is 7.27. The van der Waals surface area contributed by atoms with Crippen molar-refractivity contribution < 1.29 is 29.4 Å². The lowest BCUT2D eigenvalue weighted by molar-refractivity contribution is -0.163. The van der Waals surface area contributed by atoms with E-state index in [-0.39, 0.29) is 35.7 Å². The Morgan fingerprint density at radius 1 is 0.894 bits per heavy atom. The summed E-state index contributed by atoms with van der Waals surface area (Å²) in [7, 11) is 0. The summed E-state index contributed by atoms with van der Waals surface area (Å²) in [6, 6.07) is 13.2. The van der Waals surface area contributed by atoms with Crippen LogP contribution in [0.2, 0.25) is 0 Å². The molecule has 2 saturated heterocycles. The molecule has 1 atom stereocenters. The van der Waals surface area contributed by atoms with E-state index in [0.29, 0.717) is 63.8 Å². The van der Waals surface area contributed by atoms with Crippen molar-refractivity contribution in [1.82, 2.24) is 20.4 Å². The lowest BCUT2D eigenvalue weighted by Gasteiger charge is -2.52. The molecule has 0 radical (unpaired) electrons. The molecule has 2 heterocycles. The summed E-state index contributed by atoms with van der Waals surface area (Å²) < 4.78 is 0. The number of piperidine rings is 1. The van der Waals surface area contributed by atoms with Crippen LogP contribution in [0.4, 0.5) is 0 Å². The average Bonchev–Trinajstić information content (AvgIpc) is 3.28. The van der Waals surface area contributed by atoms with E-state index in [9.17, 15) is 24.3 Å². The number of aliphatic hydroxyl groups is 1. The molecule has 3 amide bonds. The molecule has 2 aromatic carbocycles. The number of carbonyl (C=O) groups is 4. The van der Waals surface area contributed by atoms with Crippen LogP contribution < -0.4 is 10.6 Å². The Morgan fingerprint density at radius 2 is 1.49 bits per heavy atom. The van der Waals surface area contributed by atoms with E-state index in [1.165, 1.54) is 24.3 Å². The zero-order valence-corrected chi connectivity index (χ0v) is 28.2. The van der Waals surface area contributed by atoms with Gasteiger partial charge in [0.05, 0.1) is 11.2 Å². The number of piperazine rings is 1. The number of likely N-dealkylation sites (tertiary alicyclic amines) is 1. The standard InChI is InChI=1S/C36H48N4O6.ClH/c1-2-3-20-40-32(42)30(23-35(46)16-6-4-5-7-17-35)38-34(45)36(40)18-21-39(22-19-36)25-27-10-8-26(9-11-27)24-37-31(41)28-12-14-29(15-13-28)33(43)44;/h8-15,30,46H,2-7,16-25H2,1H3,(H,37,41)(H,38,45)(H,43,44);1H/t30-;/m1./s1. The summed E-state index contributed by atoms with van der Waals surface area (Å²) in [4.78, 5) is 55.4. The molecule has 0 aromatic heterocycles. The summed E-state index contributed by atoms with van der Waals surface area (Å²) >= 11 is 0. The van der Waals surface area contributed by atoms with E-state index in [0.717, 1.165) is 56.2 Å². The molecule has 1 spiro atoms. The third-order valence-electron chi connectivity index (χ3n) is 10.1. The van der Waals surface area contributed by atoms with E-state index < -0.39 is 23.2 Å². The van der Waals surface area contributed by atoms with E-state index in [1.807, 2.05) is 29.2 Å². The molecule has 3 aliphatic rings. The Hall–Kier alpha value is -3.47. The largest absolute Gasteiger partial charge is 0.478 e. The Balaban J connectivity index is 0.00000500. The first-order valence-corrected chi connectivity index (χ1v) is 16.9. The van der Waals surface area contributed by atoms with Crippen molar-refractivity contribution in [3.63, 3.8) is 0 Å². The van der Waals surface area contributed by atoms with Crippen molar-refractivity contribution in [3.8, 4) is 0 Å². The summed E-state index contributed by atoms with van der Waals surface area (Å²) in [6.07, 6.45) is 8.69. The molecule has 256 valence electrons. The number of halogens is 1. The first-order valence-electron chi connectivity index (χ1n) is 16.9. The van der Waals surface area contributed by atoms with Crippen LogP contribution in [0.1, 0.15) is 109 Å². The molecule has 1 saturated carbocycles. The Bertz CT molecular complexity index is 1380. The number of carboxylic acids is 1. The second-order valence-corrected chi connectivity index (χ2v) is 13.4. The molecule has 2 aromatic rings. The van der Waals surface area contributed by atoms with Crippen LogP contribution in [-0.4, -0.2) is 80.5 Å². The average molecular weight is 669 g/mol. The van der Waals surface area contributed by atoms with Crippen LogP contribution in [0.3, 0.4) is 0 Å². The number of amides is 3. The molecule has 5 rings (SSSR count). The van der Waals surface area contributed by atoms with Gasteiger partial charge in [-0.3, -0.25) is 19.3 Å². The van der Waals surface area contributed by atoms with Gasteiger partial charge >= 0.3 is 5.97 Å². The number of nitrogens with one attached hydrogen (secondary N) is 2. The predicted molar refractivity (Wildman–Crippen MR) is 181 cm³/mol. The van der Waals surface area contributed by atoms with Gasteiger partial charge in [0.25, 0.3) is 5.91 Å². The quantitative estimate of drug-likeness (QED) is 0.255. The van der Waals surface area contributed by atoms with E-state index in [4.69, 9.17) is 5.11 Å². The molecule has 10 nitrogen and oxygen atoms in total. The number of nitrogens with zero attached hydrogens (tertiary/aromatic N) is 2. The van der Waals surface area contributed by atoms with Gasteiger partial charge in [-0.2, -0.15) is 0 Å². The Labute approximate surface area is 283 Å². The van der Waals surface area contributed by atoms with Crippen molar-refractivity contribution in [2.75, 3.05) is 19.6 Å². The zero-order chi connectivity index (χ0) is 32.7. The van der Waals surface area contributed by atoms with Gasteiger partial charge in [-0.15, -0.1) is 12.4 Å². The maximum atomic E-state index is 13.9. The number of aromatic carboxylic acids is 1. The second-order valence-electron chi connectivity index (χ2n) is 13.4. The van der Waals surface area contributed by atoms with Crippen molar-refractivity contribution in [1.29, 1.82) is 0 Å². The van der Waals surface area contributed by atoms with Gasteiger partial charge in [-0.05, 0) is 67.5 Å². The van der Waals surface area contributed by atoms with Crippen LogP contribution in [0.15, 0.2) is 48.5 Å².